The van der Waals surface area contributed by atoms with Crippen molar-refractivity contribution >= 4 is 5.97 Å². The Kier molecular flexibility index (Phi) is 4.82. The number of allylic oxidation sites excluding steroid dienone is 1. The van der Waals surface area contributed by atoms with Gasteiger partial charge in [0.25, 0.3) is 0 Å². The molecule has 0 spiro atoms. The van der Waals surface area contributed by atoms with Crippen LogP contribution < -0.4 is 5.73 Å². The monoisotopic (exact) mass is 130 g/mol. The highest BCUT2D eigenvalue weighted by Gasteiger charge is 1.84. The molecule has 0 radical (unpaired) electrons. The molecule has 4 N–H and O–H groups in total. The van der Waals surface area contributed by atoms with Crippen molar-refractivity contribution in [3.63, 3.8) is 0 Å². The average Bonchev–Trinajstić information content (AvgIpc) is 1.80. The van der Waals surface area contributed by atoms with Gasteiger partial charge in [-0.1, -0.05) is 6.08 Å². The second kappa shape index (κ2) is 5.31. The van der Waals surface area contributed by atoms with Gasteiger partial charge in [-0.3, -0.25) is 0 Å². The van der Waals surface area contributed by atoms with E-state index in [9.17, 15) is 4.79 Å². The summed E-state index contributed by atoms with van der Waals surface area (Å²) in [5.74, 6) is -0.876. The quantitative estimate of drug-likeness (QED) is 0.403. The maximum Gasteiger partial charge on any atom is 0.327 e. The van der Waals surface area contributed by atoms with Gasteiger partial charge < -0.3 is 10.8 Å². The van der Waals surface area contributed by atoms with Gasteiger partial charge in [0.1, 0.15) is 0 Å². The van der Waals surface area contributed by atoms with E-state index in [0.717, 1.165) is 25.5 Å². The number of hydrogen-bond donors (Lipinski definition) is 2. The SMILES string of the molecule is [NH3+]CCC/C=C/C(=O)O. The molecular weight excluding hydrogens is 118 g/mol. The van der Waals surface area contributed by atoms with Crippen molar-refractivity contribution in [2.75, 3.05) is 6.54 Å². The van der Waals surface area contributed by atoms with Crippen molar-refractivity contribution in [1.82, 2.24) is 0 Å². The van der Waals surface area contributed by atoms with Crippen molar-refractivity contribution in [1.29, 1.82) is 0 Å². The Hall–Kier alpha value is -0.830. The lowest BCUT2D eigenvalue weighted by atomic mass is 10.3. The van der Waals surface area contributed by atoms with Gasteiger partial charge >= 0.3 is 5.97 Å². The largest absolute Gasteiger partial charge is 0.478 e. The Morgan fingerprint density at radius 2 is 2.33 bits per heavy atom. The highest BCUT2D eigenvalue weighted by atomic mass is 16.4. The number of unbranched alkanes of at least 4 members (excludes halogenated alkanes) is 1. The lowest BCUT2D eigenvalue weighted by Gasteiger charge is -1.83. The summed E-state index contributed by atoms with van der Waals surface area (Å²) < 4.78 is 0. The minimum atomic E-state index is -0.876. The molecule has 3 heteroatoms. The third-order valence-electron chi connectivity index (χ3n) is 0.881. The minimum absolute atomic E-state index is 0.815. The van der Waals surface area contributed by atoms with E-state index in [-0.39, 0.29) is 0 Å². The molecule has 0 aromatic rings. The molecule has 0 aliphatic heterocycles. The Morgan fingerprint density at radius 1 is 1.67 bits per heavy atom. The molecule has 0 saturated heterocycles. The van der Waals surface area contributed by atoms with Crippen LogP contribution in [0.15, 0.2) is 12.2 Å². The van der Waals surface area contributed by atoms with Crippen molar-refractivity contribution in [3.8, 4) is 0 Å². The molecule has 0 rings (SSSR count). The van der Waals surface area contributed by atoms with Gasteiger partial charge in [-0.15, -0.1) is 0 Å². The van der Waals surface area contributed by atoms with Gasteiger partial charge in [0.15, 0.2) is 0 Å². The van der Waals surface area contributed by atoms with Crippen LogP contribution in [-0.4, -0.2) is 17.6 Å². The van der Waals surface area contributed by atoms with Crippen LogP contribution in [0.3, 0.4) is 0 Å². The summed E-state index contributed by atoms with van der Waals surface area (Å²) in [6.45, 7) is 0.865. The predicted molar refractivity (Wildman–Crippen MR) is 33.8 cm³/mol. The molecule has 0 aliphatic carbocycles. The van der Waals surface area contributed by atoms with E-state index < -0.39 is 5.97 Å². The first-order valence-corrected chi connectivity index (χ1v) is 2.96. The Labute approximate surface area is 54.2 Å². The summed E-state index contributed by atoms with van der Waals surface area (Å²) in [5, 5.41) is 8.11. The first-order chi connectivity index (χ1) is 4.27. The zero-order valence-corrected chi connectivity index (χ0v) is 5.34. The summed E-state index contributed by atoms with van der Waals surface area (Å²) in [7, 11) is 0. The smallest absolute Gasteiger partial charge is 0.327 e. The molecule has 3 nitrogen and oxygen atoms in total. The van der Waals surface area contributed by atoms with Gasteiger partial charge in [0, 0.05) is 6.08 Å². The molecule has 0 atom stereocenters. The van der Waals surface area contributed by atoms with Gasteiger partial charge in [-0.25, -0.2) is 4.79 Å². The maximum absolute atomic E-state index is 9.86. The zero-order valence-electron chi connectivity index (χ0n) is 5.34. The number of quaternary nitrogens is 1. The second-order valence-corrected chi connectivity index (χ2v) is 1.74. The molecule has 0 unspecified atom stereocenters. The number of carboxylic acid groups (broad SMARTS) is 1. The number of carboxylic acids is 1. The van der Waals surface area contributed by atoms with Crippen LogP contribution in [0.2, 0.25) is 0 Å². The normalized spacial score (nSPS) is 10.3. The van der Waals surface area contributed by atoms with Crippen LogP contribution >= 0.6 is 0 Å². The molecule has 0 aromatic heterocycles. The molecule has 0 bridgehead atoms. The van der Waals surface area contributed by atoms with E-state index >= 15 is 0 Å². The Morgan fingerprint density at radius 3 is 2.78 bits per heavy atom. The van der Waals surface area contributed by atoms with Crippen molar-refractivity contribution in [2.24, 2.45) is 0 Å². The van der Waals surface area contributed by atoms with Gasteiger partial charge in [0.2, 0.25) is 0 Å². The molecule has 0 amide bonds. The van der Waals surface area contributed by atoms with Gasteiger partial charge in [0.05, 0.1) is 6.54 Å². The molecule has 0 aromatic carbocycles. The van der Waals surface area contributed by atoms with E-state index in [0.29, 0.717) is 0 Å². The Balaban J connectivity index is 3.15. The summed E-state index contributed by atoms with van der Waals surface area (Å²) in [5.41, 5.74) is 3.62. The number of rotatable bonds is 4. The fourth-order valence-electron chi connectivity index (χ4n) is 0.446. The predicted octanol–water partition coefficient (Wildman–Crippen LogP) is -0.351. The fraction of sp³-hybridized carbons (Fsp3) is 0.500. The fourth-order valence-corrected chi connectivity index (χ4v) is 0.446. The van der Waals surface area contributed by atoms with Crippen LogP contribution in [-0.2, 0) is 4.79 Å². The summed E-state index contributed by atoms with van der Waals surface area (Å²) >= 11 is 0. The van der Waals surface area contributed by atoms with Crippen molar-refractivity contribution in [3.05, 3.63) is 12.2 Å². The molecule has 0 heterocycles. The molecule has 0 fully saturated rings. The van der Waals surface area contributed by atoms with Crippen molar-refractivity contribution in [2.45, 2.75) is 12.8 Å². The van der Waals surface area contributed by atoms with Gasteiger partial charge in [-0.05, 0) is 12.8 Å². The lowest BCUT2D eigenvalue weighted by molar-refractivity contribution is -0.368. The molecule has 9 heavy (non-hydrogen) atoms. The minimum Gasteiger partial charge on any atom is -0.478 e. The second-order valence-electron chi connectivity index (χ2n) is 1.74. The van der Waals surface area contributed by atoms with Crippen LogP contribution in [0, 0.1) is 0 Å². The van der Waals surface area contributed by atoms with E-state index in [4.69, 9.17) is 5.11 Å². The van der Waals surface area contributed by atoms with E-state index in [1.807, 2.05) is 0 Å². The third kappa shape index (κ3) is 7.17. The van der Waals surface area contributed by atoms with E-state index in [1.165, 1.54) is 0 Å². The number of hydrogen-bond acceptors (Lipinski definition) is 1. The van der Waals surface area contributed by atoms with E-state index in [1.54, 1.807) is 6.08 Å². The van der Waals surface area contributed by atoms with Crippen molar-refractivity contribution < 1.29 is 15.6 Å². The first-order valence-electron chi connectivity index (χ1n) is 2.96. The molecular formula is C6H12NO2+. The highest BCUT2D eigenvalue weighted by Crippen LogP contribution is 1.86. The van der Waals surface area contributed by atoms with Crippen LogP contribution in [0.4, 0.5) is 0 Å². The summed E-state index contributed by atoms with van der Waals surface area (Å²) in [4.78, 5) is 9.86. The van der Waals surface area contributed by atoms with Crippen LogP contribution in [0.5, 0.6) is 0 Å². The molecule has 0 aliphatic rings. The average molecular weight is 130 g/mol. The van der Waals surface area contributed by atoms with Gasteiger partial charge in [-0.2, -0.15) is 0 Å². The first kappa shape index (κ1) is 8.17. The molecule has 0 saturated carbocycles. The topological polar surface area (TPSA) is 64.9 Å². The van der Waals surface area contributed by atoms with Crippen LogP contribution in [0.1, 0.15) is 12.8 Å². The molecule has 52 valence electrons. The maximum atomic E-state index is 9.86. The summed E-state index contributed by atoms with van der Waals surface area (Å²) in [6, 6.07) is 0. The number of carbonyl (C=O) groups is 1. The Bertz CT molecular complexity index is 110. The standard InChI is InChI=1S/C6H11NO2/c7-5-3-1-2-4-6(8)9/h2,4H,1,3,5,7H2,(H,8,9)/p+1/b4-2+. The summed E-state index contributed by atoms with van der Waals surface area (Å²) in [6.07, 6.45) is 4.59. The highest BCUT2D eigenvalue weighted by molar-refractivity contribution is 5.79. The third-order valence-corrected chi connectivity index (χ3v) is 0.881. The zero-order chi connectivity index (χ0) is 7.11. The lowest BCUT2D eigenvalue weighted by Crippen LogP contribution is -2.49. The van der Waals surface area contributed by atoms with E-state index in [2.05, 4.69) is 5.73 Å². The number of aliphatic carboxylic acids is 1. The van der Waals surface area contributed by atoms with Crippen LogP contribution in [0.25, 0.3) is 0 Å².